The van der Waals surface area contributed by atoms with Crippen LogP contribution in [0.1, 0.15) is 37.1 Å². The highest BCUT2D eigenvalue weighted by Gasteiger charge is 2.47. The zero-order chi connectivity index (χ0) is 19.1. The highest BCUT2D eigenvalue weighted by molar-refractivity contribution is 5.81. The highest BCUT2D eigenvalue weighted by Crippen LogP contribution is 2.40. The second-order valence-corrected chi connectivity index (χ2v) is 8.33. The van der Waals surface area contributed by atoms with E-state index in [1.165, 1.54) is 5.56 Å². The normalized spacial score (nSPS) is 24.6. The van der Waals surface area contributed by atoms with Gasteiger partial charge in [-0.25, -0.2) is 4.98 Å². The lowest BCUT2D eigenvalue weighted by atomic mass is 9.88. The Balaban J connectivity index is 1.31. The van der Waals surface area contributed by atoms with Crippen LogP contribution in [0.2, 0.25) is 0 Å². The largest absolute Gasteiger partial charge is 0.352 e. The van der Waals surface area contributed by atoms with E-state index in [2.05, 4.69) is 25.7 Å². The summed E-state index contributed by atoms with van der Waals surface area (Å²) in [7, 11) is 1.95. The van der Waals surface area contributed by atoms with Crippen LogP contribution in [0.4, 0.5) is 0 Å². The number of rotatable bonds is 3. The molecule has 150 valence electrons. The van der Waals surface area contributed by atoms with E-state index in [4.69, 9.17) is 4.74 Å². The Hall–Kier alpha value is -2.19. The van der Waals surface area contributed by atoms with Crippen LogP contribution in [0.25, 0.3) is 0 Å². The van der Waals surface area contributed by atoms with Crippen LogP contribution in [0.5, 0.6) is 0 Å². The summed E-state index contributed by atoms with van der Waals surface area (Å²) in [5, 5.41) is 4.27. The van der Waals surface area contributed by atoms with Crippen LogP contribution in [0.15, 0.2) is 24.8 Å². The second kappa shape index (κ2) is 7.00. The molecule has 2 aromatic heterocycles. The molecule has 28 heavy (non-hydrogen) atoms. The number of hydrogen-bond donors (Lipinski definition) is 0. The molecule has 0 bridgehead atoms. The molecule has 3 aliphatic rings. The Morgan fingerprint density at radius 3 is 2.75 bits per heavy atom. The number of amides is 1. The fraction of sp³-hybridized carbons (Fsp3) is 0.650. The highest BCUT2D eigenvalue weighted by atomic mass is 16.5. The number of aryl methyl sites for hydroxylation is 1. The summed E-state index contributed by atoms with van der Waals surface area (Å²) in [5.74, 6) is 1.13. The zero-order valence-electron chi connectivity index (χ0n) is 16.5. The van der Waals surface area contributed by atoms with Crippen molar-refractivity contribution < 1.29 is 9.53 Å². The molecular weight excluding hydrogens is 356 g/mol. The van der Waals surface area contributed by atoms with Crippen LogP contribution in [0.3, 0.4) is 0 Å². The standard InChI is InChI=1S/C20H28N6O2/c1-23-13-16(12-22-23)14-24-9-4-20(5-10-24)19-21-6-11-26(19)15-17(28-20)18(27)25-7-2-3-8-25/h6,11-13,17H,2-5,7-10,14-15H2,1H3/t17-/m1/s1. The van der Waals surface area contributed by atoms with Crippen LogP contribution >= 0.6 is 0 Å². The summed E-state index contributed by atoms with van der Waals surface area (Å²) >= 11 is 0. The number of likely N-dealkylation sites (tertiary alicyclic amines) is 2. The number of imidazole rings is 1. The first-order valence-corrected chi connectivity index (χ1v) is 10.3. The van der Waals surface area contributed by atoms with Gasteiger partial charge in [0.1, 0.15) is 11.4 Å². The minimum absolute atomic E-state index is 0.147. The molecule has 1 atom stereocenters. The van der Waals surface area contributed by atoms with Gasteiger partial charge in [0.25, 0.3) is 5.91 Å². The molecule has 2 aromatic rings. The van der Waals surface area contributed by atoms with Crippen molar-refractivity contribution in [1.82, 2.24) is 29.1 Å². The Kier molecular flexibility index (Phi) is 4.47. The van der Waals surface area contributed by atoms with Gasteiger partial charge in [0.05, 0.1) is 12.7 Å². The van der Waals surface area contributed by atoms with Crippen molar-refractivity contribution in [2.45, 2.75) is 50.5 Å². The first-order chi connectivity index (χ1) is 13.6. The molecule has 1 spiro atoms. The van der Waals surface area contributed by atoms with Gasteiger partial charge in [-0.15, -0.1) is 0 Å². The Morgan fingerprint density at radius 1 is 1.25 bits per heavy atom. The van der Waals surface area contributed by atoms with Gasteiger partial charge >= 0.3 is 0 Å². The summed E-state index contributed by atoms with van der Waals surface area (Å²) in [6.07, 6.45) is 11.3. The third-order valence-corrected chi connectivity index (χ3v) is 6.37. The van der Waals surface area contributed by atoms with Crippen LogP contribution in [0, 0.1) is 0 Å². The first kappa shape index (κ1) is 17.9. The quantitative estimate of drug-likeness (QED) is 0.794. The second-order valence-electron chi connectivity index (χ2n) is 8.33. The lowest BCUT2D eigenvalue weighted by Crippen LogP contribution is -2.54. The number of ether oxygens (including phenoxy) is 1. The van der Waals surface area contributed by atoms with Gasteiger partial charge in [-0.05, 0) is 25.7 Å². The van der Waals surface area contributed by atoms with Crippen LogP contribution < -0.4 is 0 Å². The molecule has 5 heterocycles. The lowest BCUT2D eigenvalue weighted by molar-refractivity contribution is -0.180. The first-order valence-electron chi connectivity index (χ1n) is 10.3. The number of carbonyl (C=O) groups excluding carboxylic acids is 1. The van der Waals surface area contributed by atoms with E-state index in [1.807, 2.05) is 35.2 Å². The van der Waals surface area contributed by atoms with E-state index in [9.17, 15) is 4.79 Å². The molecule has 8 heteroatoms. The minimum Gasteiger partial charge on any atom is -0.352 e. The molecule has 0 radical (unpaired) electrons. The average Bonchev–Trinajstić information content (AvgIpc) is 3.45. The lowest BCUT2D eigenvalue weighted by Gasteiger charge is -2.46. The number of piperidine rings is 1. The maximum absolute atomic E-state index is 13.0. The molecule has 0 aromatic carbocycles. The summed E-state index contributed by atoms with van der Waals surface area (Å²) in [5.41, 5.74) is 0.777. The van der Waals surface area contributed by atoms with Crippen molar-refractivity contribution in [1.29, 1.82) is 0 Å². The SMILES string of the molecule is Cn1cc(CN2CCC3(CC2)O[C@@H](C(=O)N2CCCC2)Cn2ccnc23)cn1. The third-order valence-electron chi connectivity index (χ3n) is 6.37. The van der Waals surface area contributed by atoms with E-state index in [1.54, 1.807) is 0 Å². The Morgan fingerprint density at radius 2 is 2.04 bits per heavy atom. The van der Waals surface area contributed by atoms with Crippen molar-refractivity contribution in [2.24, 2.45) is 7.05 Å². The number of nitrogens with zero attached hydrogens (tertiary/aromatic N) is 6. The van der Waals surface area contributed by atoms with E-state index in [0.717, 1.165) is 64.2 Å². The van der Waals surface area contributed by atoms with Gasteiger partial charge in [0.2, 0.25) is 0 Å². The Labute approximate surface area is 165 Å². The fourth-order valence-electron chi connectivity index (χ4n) is 4.89. The molecule has 0 unspecified atom stereocenters. The van der Waals surface area contributed by atoms with Crippen molar-refractivity contribution in [3.8, 4) is 0 Å². The summed E-state index contributed by atoms with van der Waals surface area (Å²) < 4.78 is 10.5. The number of hydrogen-bond acceptors (Lipinski definition) is 5. The van der Waals surface area contributed by atoms with Gasteiger partial charge in [-0.3, -0.25) is 14.4 Å². The zero-order valence-corrected chi connectivity index (χ0v) is 16.5. The van der Waals surface area contributed by atoms with Crippen molar-refractivity contribution >= 4 is 5.91 Å². The predicted molar refractivity (Wildman–Crippen MR) is 102 cm³/mol. The van der Waals surface area contributed by atoms with Gasteiger partial charge < -0.3 is 14.2 Å². The summed E-state index contributed by atoms with van der Waals surface area (Å²) in [6.45, 7) is 5.04. The molecule has 2 fully saturated rings. The van der Waals surface area contributed by atoms with E-state index in [-0.39, 0.29) is 5.91 Å². The van der Waals surface area contributed by atoms with Crippen molar-refractivity contribution in [3.63, 3.8) is 0 Å². The van der Waals surface area contributed by atoms with E-state index in [0.29, 0.717) is 6.54 Å². The average molecular weight is 384 g/mol. The monoisotopic (exact) mass is 384 g/mol. The predicted octanol–water partition coefficient (Wildman–Crippen LogP) is 1.13. The molecule has 5 rings (SSSR count). The fourth-order valence-corrected chi connectivity index (χ4v) is 4.89. The molecule has 0 aliphatic carbocycles. The summed E-state index contributed by atoms with van der Waals surface area (Å²) in [4.78, 5) is 22.0. The molecule has 8 nitrogen and oxygen atoms in total. The smallest absolute Gasteiger partial charge is 0.253 e. The van der Waals surface area contributed by atoms with Gasteiger partial charge in [0.15, 0.2) is 6.10 Å². The van der Waals surface area contributed by atoms with Crippen molar-refractivity contribution in [3.05, 3.63) is 36.2 Å². The molecule has 0 N–H and O–H groups in total. The van der Waals surface area contributed by atoms with E-state index < -0.39 is 11.7 Å². The third kappa shape index (κ3) is 3.14. The number of carbonyl (C=O) groups is 1. The van der Waals surface area contributed by atoms with Gasteiger partial charge in [0, 0.05) is 63.9 Å². The van der Waals surface area contributed by atoms with Gasteiger partial charge in [-0.2, -0.15) is 5.10 Å². The molecule has 0 saturated carbocycles. The minimum atomic E-state index is -0.451. The Bertz CT molecular complexity index is 845. The maximum Gasteiger partial charge on any atom is 0.253 e. The molecule has 2 saturated heterocycles. The summed E-state index contributed by atoms with van der Waals surface area (Å²) in [6, 6.07) is 0. The van der Waals surface area contributed by atoms with E-state index >= 15 is 0 Å². The number of fused-ring (bicyclic) bond motifs is 2. The molecule has 1 amide bonds. The molecular formula is C20H28N6O2. The van der Waals surface area contributed by atoms with Gasteiger partial charge in [-0.1, -0.05) is 0 Å². The topological polar surface area (TPSA) is 68.4 Å². The molecule has 3 aliphatic heterocycles. The van der Waals surface area contributed by atoms with Crippen molar-refractivity contribution in [2.75, 3.05) is 26.2 Å². The number of aromatic nitrogens is 4. The maximum atomic E-state index is 13.0. The van der Waals surface area contributed by atoms with Crippen LogP contribution in [-0.4, -0.2) is 67.3 Å². The van der Waals surface area contributed by atoms with Crippen LogP contribution in [-0.2, 0) is 35.3 Å².